The molecule has 0 radical (unpaired) electrons. The third kappa shape index (κ3) is 4.45. The van der Waals surface area contributed by atoms with Gasteiger partial charge in [-0.25, -0.2) is 0 Å². The molecule has 2 rings (SSSR count). The van der Waals surface area contributed by atoms with Crippen LogP contribution in [0, 0.1) is 0 Å². The molecule has 2 aromatic rings. The Balaban J connectivity index is 1.98. The number of aliphatic hydroxyl groups excluding tert-OH is 1. The van der Waals surface area contributed by atoms with E-state index < -0.39 is 6.10 Å². The lowest BCUT2D eigenvalue weighted by Gasteiger charge is -2.12. The summed E-state index contributed by atoms with van der Waals surface area (Å²) in [4.78, 5) is 0. The molecule has 1 atom stereocenters. The maximum Gasteiger partial charge on any atom is 0.118 e. The van der Waals surface area contributed by atoms with Crippen molar-refractivity contribution in [1.82, 2.24) is 5.32 Å². The summed E-state index contributed by atoms with van der Waals surface area (Å²) in [5, 5.41) is 13.4. The molecule has 0 aliphatic rings. The predicted octanol–water partition coefficient (Wildman–Crippen LogP) is 3.56. The molecule has 0 saturated carbocycles. The molecule has 3 heteroatoms. The van der Waals surface area contributed by atoms with Gasteiger partial charge in [0.1, 0.15) is 5.75 Å². The molecule has 3 nitrogen and oxygen atoms in total. The van der Waals surface area contributed by atoms with E-state index in [1.165, 1.54) is 0 Å². The Bertz CT molecular complexity index is 575. The molecule has 0 fully saturated rings. The van der Waals surface area contributed by atoms with Gasteiger partial charge in [0.15, 0.2) is 0 Å². The van der Waals surface area contributed by atoms with E-state index in [0.717, 1.165) is 35.5 Å². The molecule has 0 aliphatic carbocycles. The van der Waals surface area contributed by atoms with Crippen LogP contribution in [0.2, 0.25) is 0 Å². The van der Waals surface area contributed by atoms with E-state index in [9.17, 15) is 5.11 Å². The minimum atomic E-state index is -0.442. The van der Waals surface area contributed by atoms with Crippen LogP contribution in [0.4, 0.5) is 0 Å². The zero-order chi connectivity index (χ0) is 15.8. The molecule has 0 amide bonds. The average Bonchev–Trinajstić information content (AvgIpc) is 2.59. The van der Waals surface area contributed by atoms with E-state index in [2.05, 4.69) is 11.9 Å². The van der Waals surface area contributed by atoms with Gasteiger partial charge in [0.2, 0.25) is 0 Å². The van der Waals surface area contributed by atoms with Crippen molar-refractivity contribution in [3.8, 4) is 16.9 Å². The van der Waals surface area contributed by atoms with E-state index >= 15 is 0 Å². The monoisotopic (exact) mass is 297 g/mol. The first-order chi connectivity index (χ1) is 10.7. The standard InChI is InChI=1S/C19H23NO2/c1-3-13-20-14-12-19(21)17-6-4-15(5-7-17)16-8-10-18(22-2)11-9-16/h3-11,19-21H,1,12-14H2,2H3. The Morgan fingerprint density at radius 1 is 1.09 bits per heavy atom. The number of ether oxygens (including phenoxy) is 1. The van der Waals surface area contributed by atoms with Gasteiger partial charge in [-0.2, -0.15) is 0 Å². The van der Waals surface area contributed by atoms with Gasteiger partial charge < -0.3 is 15.2 Å². The number of hydrogen-bond acceptors (Lipinski definition) is 3. The summed E-state index contributed by atoms with van der Waals surface area (Å²) >= 11 is 0. The van der Waals surface area contributed by atoms with E-state index in [-0.39, 0.29) is 0 Å². The minimum Gasteiger partial charge on any atom is -0.497 e. The summed E-state index contributed by atoms with van der Waals surface area (Å²) in [5.74, 6) is 0.850. The number of rotatable bonds is 8. The molecule has 0 bridgehead atoms. The second kappa shape index (κ2) is 8.37. The summed E-state index contributed by atoms with van der Waals surface area (Å²) < 4.78 is 5.17. The normalized spacial score (nSPS) is 11.9. The Morgan fingerprint density at radius 2 is 1.68 bits per heavy atom. The molecular weight excluding hydrogens is 274 g/mol. The number of methoxy groups -OCH3 is 1. The number of benzene rings is 2. The first-order valence-corrected chi connectivity index (χ1v) is 7.48. The van der Waals surface area contributed by atoms with Crippen LogP contribution in [0.25, 0.3) is 11.1 Å². The van der Waals surface area contributed by atoms with Gasteiger partial charge in [-0.3, -0.25) is 0 Å². The van der Waals surface area contributed by atoms with Crippen molar-refractivity contribution in [3.63, 3.8) is 0 Å². The second-order valence-corrected chi connectivity index (χ2v) is 5.15. The molecular formula is C19H23NO2. The van der Waals surface area contributed by atoms with Crippen LogP contribution in [0.1, 0.15) is 18.1 Å². The molecule has 1 unspecified atom stereocenters. The zero-order valence-corrected chi connectivity index (χ0v) is 13.0. The van der Waals surface area contributed by atoms with Gasteiger partial charge >= 0.3 is 0 Å². The molecule has 0 spiro atoms. The van der Waals surface area contributed by atoms with Crippen LogP contribution in [0.5, 0.6) is 5.75 Å². The van der Waals surface area contributed by atoms with E-state index in [0.29, 0.717) is 6.42 Å². The lowest BCUT2D eigenvalue weighted by atomic mass is 10.0. The van der Waals surface area contributed by atoms with Crippen LogP contribution in [-0.2, 0) is 0 Å². The van der Waals surface area contributed by atoms with Crippen LogP contribution < -0.4 is 10.1 Å². The summed E-state index contributed by atoms with van der Waals surface area (Å²) in [5.41, 5.74) is 3.20. The molecule has 2 aromatic carbocycles. The largest absolute Gasteiger partial charge is 0.497 e. The molecule has 0 saturated heterocycles. The third-order valence-electron chi connectivity index (χ3n) is 3.60. The number of hydrogen-bond donors (Lipinski definition) is 2. The smallest absolute Gasteiger partial charge is 0.118 e. The number of aliphatic hydroxyl groups is 1. The van der Waals surface area contributed by atoms with Crippen molar-refractivity contribution in [2.24, 2.45) is 0 Å². The minimum absolute atomic E-state index is 0.442. The number of nitrogens with one attached hydrogen (secondary N) is 1. The van der Waals surface area contributed by atoms with Gasteiger partial charge in [-0.15, -0.1) is 6.58 Å². The van der Waals surface area contributed by atoms with Crippen molar-refractivity contribution in [2.45, 2.75) is 12.5 Å². The van der Waals surface area contributed by atoms with Gasteiger partial charge in [0.25, 0.3) is 0 Å². The molecule has 0 aliphatic heterocycles. The first-order valence-electron chi connectivity index (χ1n) is 7.48. The highest BCUT2D eigenvalue weighted by Crippen LogP contribution is 2.24. The molecule has 22 heavy (non-hydrogen) atoms. The lowest BCUT2D eigenvalue weighted by Crippen LogP contribution is -2.17. The maximum absolute atomic E-state index is 10.2. The summed E-state index contributed by atoms with van der Waals surface area (Å²) in [6.45, 7) is 5.19. The highest BCUT2D eigenvalue weighted by atomic mass is 16.5. The fraction of sp³-hybridized carbons (Fsp3) is 0.263. The first kappa shape index (κ1) is 16.3. The average molecular weight is 297 g/mol. The van der Waals surface area contributed by atoms with Crippen molar-refractivity contribution in [2.75, 3.05) is 20.2 Å². The SMILES string of the molecule is C=CCNCCC(O)c1ccc(-c2ccc(OC)cc2)cc1. The van der Waals surface area contributed by atoms with Gasteiger partial charge in [0, 0.05) is 6.54 Å². The second-order valence-electron chi connectivity index (χ2n) is 5.15. The summed E-state index contributed by atoms with van der Waals surface area (Å²) in [7, 11) is 1.66. The van der Waals surface area contributed by atoms with E-state index in [1.807, 2.05) is 54.6 Å². The van der Waals surface area contributed by atoms with Crippen LogP contribution >= 0.6 is 0 Å². The molecule has 0 heterocycles. The molecule has 0 aromatic heterocycles. The fourth-order valence-corrected chi connectivity index (χ4v) is 2.29. The Kier molecular flexibility index (Phi) is 6.19. The highest BCUT2D eigenvalue weighted by Gasteiger charge is 2.07. The third-order valence-corrected chi connectivity index (χ3v) is 3.60. The summed E-state index contributed by atoms with van der Waals surface area (Å²) in [6, 6.07) is 16.0. The Morgan fingerprint density at radius 3 is 2.23 bits per heavy atom. The van der Waals surface area contributed by atoms with E-state index in [4.69, 9.17) is 4.74 Å². The highest BCUT2D eigenvalue weighted by molar-refractivity contribution is 5.64. The quantitative estimate of drug-likeness (QED) is 0.578. The van der Waals surface area contributed by atoms with Gasteiger partial charge in [-0.1, -0.05) is 42.5 Å². The molecule has 116 valence electrons. The Labute approximate surface area is 132 Å². The lowest BCUT2D eigenvalue weighted by molar-refractivity contribution is 0.167. The van der Waals surface area contributed by atoms with Crippen molar-refractivity contribution >= 4 is 0 Å². The van der Waals surface area contributed by atoms with Crippen LogP contribution in [0.15, 0.2) is 61.2 Å². The van der Waals surface area contributed by atoms with Gasteiger partial charge in [0.05, 0.1) is 13.2 Å². The fourth-order valence-electron chi connectivity index (χ4n) is 2.29. The van der Waals surface area contributed by atoms with Crippen molar-refractivity contribution in [1.29, 1.82) is 0 Å². The van der Waals surface area contributed by atoms with Crippen molar-refractivity contribution < 1.29 is 9.84 Å². The Hall–Kier alpha value is -2.10. The van der Waals surface area contributed by atoms with E-state index in [1.54, 1.807) is 7.11 Å². The van der Waals surface area contributed by atoms with Crippen LogP contribution in [0.3, 0.4) is 0 Å². The predicted molar refractivity (Wildman–Crippen MR) is 91.1 cm³/mol. The topological polar surface area (TPSA) is 41.5 Å². The molecule has 2 N–H and O–H groups in total. The van der Waals surface area contributed by atoms with Crippen molar-refractivity contribution in [3.05, 3.63) is 66.7 Å². The zero-order valence-electron chi connectivity index (χ0n) is 13.0. The maximum atomic E-state index is 10.2. The van der Waals surface area contributed by atoms with Gasteiger partial charge in [-0.05, 0) is 41.8 Å². The summed E-state index contributed by atoms with van der Waals surface area (Å²) in [6.07, 6.45) is 2.06. The van der Waals surface area contributed by atoms with Crippen LogP contribution in [-0.4, -0.2) is 25.3 Å².